The third-order valence-electron chi connectivity index (χ3n) is 6.78. The lowest BCUT2D eigenvalue weighted by Gasteiger charge is -2.29. The zero-order chi connectivity index (χ0) is 27.9. The molecule has 0 bridgehead atoms. The van der Waals surface area contributed by atoms with Crippen LogP contribution in [0.15, 0.2) is 48.5 Å². The normalized spacial score (nSPS) is 14.3. The molecule has 1 fully saturated rings. The van der Waals surface area contributed by atoms with Gasteiger partial charge in [-0.3, -0.25) is 14.4 Å². The monoisotopic (exact) mass is 538 g/mol. The number of carboxylic acid groups (broad SMARTS) is 1. The molecular weight excluding hydrogens is 507 g/mol. The van der Waals surface area contributed by atoms with Crippen LogP contribution in [0.2, 0.25) is 0 Å². The zero-order valence-electron chi connectivity index (χ0n) is 21.8. The lowest BCUT2D eigenvalue weighted by Crippen LogP contribution is -2.52. The van der Waals surface area contributed by atoms with E-state index in [0.29, 0.717) is 28.4 Å². The SMILES string of the molecule is COc1cccc(OC)c1-c1cc(C(=O)NC(C(=O)NCC(=O)O)C2CCCCC2)nn1-c1cccc(F)c1. The molecule has 3 N–H and O–H groups in total. The molecule has 0 spiro atoms. The highest BCUT2D eigenvalue weighted by molar-refractivity contribution is 5.98. The maximum absolute atomic E-state index is 14.2. The minimum Gasteiger partial charge on any atom is -0.496 e. The summed E-state index contributed by atoms with van der Waals surface area (Å²) in [5.41, 5.74) is 1.25. The van der Waals surface area contributed by atoms with Gasteiger partial charge in [0.15, 0.2) is 5.69 Å². The Kier molecular flexibility index (Phi) is 8.80. The van der Waals surface area contributed by atoms with Gasteiger partial charge in [0.25, 0.3) is 5.91 Å². The molecule has 1 aliphatic carbocycles. The standard InChI is InChI=1S/C28H31FN4O6/c1-38-22-12-7-13-23(39-2)25(22)21-15-20(32-33(21)19-11-6-10-18(29)14-19)27(36)31-26(17-8-4-3-5-9-17)28(37)30-16-24(34)35/h6-7,10-15,17,26H,3-5,8-9,16H2,1-2H3,(H,30,37)(H,31,36)(H,34,35). The maximum Gasteiger partial charge on any atom is 0.322 e. The van der Waals surface area contributed by atoms with Gasteiger partial charge in [-0.25, -0.2) is 9.07 Å². The Morgan fingerprint density at radius 1 is 1.05 bits per heavy atom. The van der Waals surface area contributed by atoms with E-state index in [0.717, 1.165) is 32.1 Å². The maximum atomic E-state index is 14.2. The van der Waals surface area contributed by atoms with E-state index in [1.165, 1.54) is 43.2 Å². The van der Waals surface area contributed by atoms with Gasteiger partial charge in [-0.15, -0.1) is 0 Å². The van der Waals surface area contributed by atoms with E-state index in [1.807, 2.05) is 0 Å². The third-order valence-corrected chi connectivity index (χ3v) is 6.78. The van der Waals surface area contributed by atoms with Crippen molar-refractivity contribution in [3.05, 3.63) is 60.0 Å². The van der Waals surface area contributed by atoms with Crippen molar-refractivity contribution in [2.24, 2.45) is 5.92 Å². The first-order chi connectivity index (χ1) is 18.8. The van der Waals surface area contributed by atoms with Gasteiger partial charge in [-0.05, 0) is 55.2 Å². The molecule has 1 atom stereocenters. The topological polar surface area (TPSA) is 132 Å². The molecule has 0 radical (unpaired) electrons. The summed E-state index contributed by atoms with van der Waals surface area (Å²) in [5, 5.41) is 18.7. The van der Waals surface area contributed by atoms with Crippen LogP contribution in [0, 0.1) is 11.7 Å². The second-order valence-electron chi connectivity index (χ2n) is 9.30. The lowest BCUT2D eigenvalue weighted by atomic mass is 9.83. The van der Waals surface area contributed by atoms with Crippen LogP contribution >= 0.6 is 0 Å². The summed E-state index contributed by atoms with van der Waals surface area (Å²) in [6.45, 7) is -0.552. The van der Waals surface area contributed by atoms with Crippen molar-refractivity contribution in [3.63, 3.8) is 0 Å². The molecule has 2 aromatic carbocycles. The van der Waals surface area contributed by atoms with Crippen molar-refractivity contribution in [2.45, 2.75) is 38.1 Å². The van der Waals surface area contributed by atoms with Crippen molar-refractivity contribution < 1.29 is 33.4 Å². The Bertz CT molecular complexity index is 1330. The molecule has 11 heteroatoms. The lowest BCUT2D eigenvalue weighted by molar-refractivity contribution is -0.138. The van der Waals surface area contributed by atoms with Gasteiger partial charge in [0, 0.05) is 0 Å². The number of halogens is 1. The number of hydrogen-bond acceptors (Lipinski definition) is 6. The smallest absolute Gasteiger partial charge is 0.322 e. The first-order valence-corrected chi connectivity index (χ1v) is 12.7. The van der Waals surface area contributed by atoms with Crippen molar-refractivity contribution in [1.82, 2.24) is 20.4 Å². The van der Waals surface area contributed by atoms with Gasteiger partial charge in [-0.1, -0.05) is 31.4 Å². The number of amides is 2. The van der Waals surface area contributed by atoms with Crippen LogP contribution in [0.3, 0.4) is 0 Å². The Hall–Kier alpha value is -4.41. The largest absolute Gasteiger partial charge is 0.496 e. The van der Waals surface area contributed by atoms with E-state index in [9.17, 15) is 18.8 Å². The second kappa shape index (κ2) is 12.4. The molecule has 10 nitrogen and oxygen atoms in total. The van der Waals surface area contributed by atoms with E-state index in [4.69, 9.17) is 14.6 Å². The minimum atomic E-state index is -1.18. The molecule has 1 aromatic heterocycles. The summed E-state index contributed by atoms with van der Waals surface area (Å²) < 4.78 is 26.7. The molecule has 206 valence electrons. The summed E-state index contributed by atoms with van der Waals surface area (Å²) in [4.78, 5) is 37.5. The Labute approximate surface area is 225 Å². The number of nitrogens with one attached hydrogen (secondary N) is 2. The molecule has 39 heavy (non-hydrogen) atoms. The van der Waals surface area contributed by atoms with Crippen LogP contribution in [0.25, 0.3) is 16.9 Å². The van der Waals surface area contributed by atoms with Gasteiger partial charge in [-0.2, -0.15) is 5.10 Å². The van der Waals surface area contributed by atoms with Crippen molar-refractivity contribution in [3.8, 4) is 28.4 Å². The van der Waals surface area contributed by atoms with E-state index in [-0.39, 0.29) is 11.6 Å². The second-order valence-corrected chi connectivity index (χ2v) is 9.30. The van der Waals surface area contributed by atoms with E-state index < -0.39 is 36.2 Å². The number of nitrogens with zero attached hydrogens (tertiary/aromatic N) is 2. The summed E-state index contributed by atoms with van der Waals surface area (Å²) in [6.07, 6.45) is 4.32. The Morgan fingerprint density at radius 3 is 2.33 bits per heavy atom. The number of carboxylic acids is 1. The van der Waals surface area contributed by atoms with E-state index >= 15 is 0 Å². The van der Waals surface area contributed by atoms with Crippen LogP contribution in [-0.2, 0) is 9.59 Å². The predicted octanol–water partition coefficient (Wildman–Crippen LogP) is 3.58. The molecule has 1 unspecified atom stereocenters. The minimum absolute atomic E-state index is 0.0194. The number of carbonyl (C=O) groups excluding carboxylic acids is 2. The fourth-order valence-electron chi connectivity index (χ4n) is 4.93. The first-order valence-electron chi connectivity index (χ1n) is 12.7. The summed E-state index contributed by atoms with van der Waals surface area (Å²) in [6, 6.07) is 11.6. The number of rotatable bonds is 10. The molecule has 0 saturated heterocycles. The fraction of sp³-hybridized carbons (Fsp3) is 0.357. The molecule has 3 aromatic rings. The van der Waals surface area contributed by atoms with Gasteiger partial charge in [0.2, 0.25) is 5.91 Å². The summed E-state index contributed by atoms with van der Waals surface area (Å²) >= 11 is 0. The molecule has 1 saturated carbocycles. The van der Waals surface area contributed by atoms with Crippen molar-refractivity contribution in [2.75, 3.05) is 20.8 Å². The summed E-state index contributed by atoms with van der Waals surface area (Å²) in [5.74, 6) is -2.09. The van der Waals surface area contributed by atoms with Gasteiger partial charge in [0.05, 0.1) is 31.2 Å². The molecular formula is C28H31FN4O6. The van der Waals surface area contributed by atoms with E-state index in [2.05, 4.69) is 15.7 Å². The number of carbonyl (C=O) groups is 3. The van der Waals surface area contributed by atoms with Crippen LogP contribution in [-0.4, -0.2) is 59.5 Å². The van der Waals surface area contributed by atoms with E-state index in [1.54, 1.807) is 24.3 Å². The molecule has 4 rings (SSSR count). The van der Waals surface area contributed by atoms with Crippen LogP contribution in [0.1, 0.15) is 42.6 Å². The van der Waals surface area contributed by atoms with Crippen LogP contribution < -0.4 is 20.1 Å². The summed E-state index contributed by atoms with van der Waals surface area (Å²) in [7, 11) is 3.00. The quantitative estimate of drug-likeness (QED) is 0.360. The molecule has 2 amide bonds. The van der Waals surface area contributed by atoms with Crippen LogP contribution in [0.4, 0.5) is 4.39 Å². The first kappa shape index (κ1) is 27.6. The highest BCUT2D eigenvalue weighted by Gasteiger charge is 2.32. The number of methoxy groups -OCH3 is 2. The van der Waals surface area contributed by atoms with Crippen LogP contribution in [0.5, 0.6) is 11.5 Å². The Morgan fingerprint density at radius 2 is 1.72 bits per heavy atom. The fourth-order valence-corrected chi connectivity index (χ4v) is 4.93. The highest BCUT2D eigenvalue weighted by atomic mass is 19.1. The van der Waals surface area contributed by atoms with Gasteiger partial charge >= 0.3 is 5.97 Å². The van der Waals surface area contributed by atoms with Crippen molar-refractivity contribution in [1.29, 1.82) is 0 Å². The zero-order valence-corrected chi connectivity index (χ0v) is 21.8. The third kappa shape index (κ3) is 6.36. The molecule has 1 aliphatic rings. The molecule has 0 aliphatic heterocycles. The average molecular weight is 539 g/mol. The van der Waals surface area contributed by atoms with Crippen molar-refractivity contribution >= 4 is 17.8 Å². The number of aromatic nitrogens is 2. The highest BCUT2D eigenvalue weighted by Crippen LogP contribution is 2.39. The Balaban J connectivity index is 1.75. The van der Waals surface area contributed by atoms with Gasteiger partial charge in [0.1, 0.15) is 29.9 Å². The predicted molar refractivity (Wildman–Crippen MR) is 141 cm³/mol. The molecule has 1 heterocycles. The number of benzene rings is 2. The number of ether oxygens (including phenoxy) is 2. The average Bonchev–Trinajstić information content (AvgIpc) is 3.39. The number of aliphatic carboxylic acids is 1. The van der Waals surface area contributed by atoms with Gasteiger partial charge < -0.3 is 25.2 Å². The number of hydrogen-bond donors (Lipinski definition) is 3.